The van der Waals surface area contributed by atoms with Crippen molar-refractivity contribution < 1.29 is 14.6 Å². The van der Waals surface area contributed by atoms with Gasteiger partial charge in [-0.2, -0.15) is 0 Å². The van der Waals surface area contributed by atoms with Gasteiger partial charge in [0.2, 0.25) is 5.95 Å². The van der Waals surface area contributed by atoms with E-state index in [4.69, 9.17) is 9.84 Å². The Morgan fingerprint density at radius 1 is 1.55 bits per heavy atom. The number of nitrogens with zero attached hydrogens (tertiary/aromatic N) is 4. The lowest BCUT2D eigenvalue weighted by Gasteiger charge is -2.19. The van der Waals surface area contributed by atoms with Crippen molar-refractivity contribution >= 4 is 23.7 Å². The largest absolute Gasteiger partial charge is 0.481 e. The minimum absolute atomic E-state index is 0.0121. The molecule has 0 saturated heterocycles. The summed E-state index contributed by atoms with van der Waals surface area (Å²) < 4.78 is 7.12. The average molecular weight is 300 g/mol. The third-order valence-electron chi connectivity index (χ3n) is 3.07. The van der Waals surface area contributed by atoms with Crippen molar-refractivity contribution in [3.8, 4) is 0 Å². The number of carboxylic acids is 1. The number of aromatic nitrogens is 3. The predicted molar refractivity (Wildman–Crippen MR) is 76.4 cm³/mol. The first-order chi connectivity index (χ1) is 9.63. The Labute approximate surface area is 122 Å². The second-order valence-electron chi connectivity index (χ2n) is 4.83. The number of ether oxygens (including phenoxy) is 1. The van der Waals surface area contributed by atoms with Crippen LogP contribution < -0.4 is 4.90 Å². The van der Waals surface area contributed by atoms with Crippen LogP contribution in [0.25, 0.3) is 0 Å². The van der Waals surface area contributed by atoms with Gasteiger partial charge >= 0.3 is 5.97 Å². The highest BCUT2D eigenvalue weighted by atomic mass is 32.2. The van der Waals surface area contributed by atoms with E-state index in [9.17, 15) is 4.79 Å². The molecule has 1 aliphatic rings. The van der Waals surface area contributed by atoms with Crippen LogP contribution in [0, 0.1) is 0 Å². The Hall–Kier alpha value is -1.28. The van der Waals surface area contributed by atoms with E-state index in [0.29, 0.717) is 17.8 Å². The Bertz CT molecular complexity index is 462. The highest BCUT2D eigenvalue weighted by Gasteiger charge is 2.31. The number of thioether (sulfide) groups is 1. The molecule has 20 heavy (non-hydrogen) atoms. The van der Waals surface area contributed by atoms with Gasteiger partial charge in [-0.15, -0.1) is 10.2 Å². The Morgan fingerprint density at radius 3 is 2.90 bits per heavy atom. The molecule has 7 nitrogen and oxygen atoms in total. The number of aliphatic carboxylic acids is 1. The second-order valence-corrected chi connectivity index (χ2v) is 5.78. The maximum Gasteiger partial charge on any atom is 0.313 e. The molecule has 0 amide bonds. The van der Waals surface area contributed by atoms with Crippen molar-refractivity contribution in [1.82, 2.24) is 14.8 Å². The van der Waals surface area contributed by atoms with Gasteiger partial charge in [-0.05, 0) is 19.3 Å². The van der Waals surface area contributed by atoms with E-state index in [1.165, 1.54) is 11.8 Å². The highest BCUT2D eigenvalue weighted by Crippen LogP contribution is 2.40. The first kappa shape index (κ1) is 15.1. The molecule has 1 saturated carbocycles. The van der Waals surface area contributed by atoms with Crippen LogP contribution in [0.3, 0.4) is 0 Å². The molecule has 1 heterocycles. The van der Waals surface area contributed by atoms with Gasteiger partial charge in [-0.1, -0.05) is 11.8 Å². The summed E-state index contributed by atoms with van der Waals surface area (Å²) >= 11 is 1.23. The first-order valence-electron chi connectivity index (χ1n) is 6.63. The summed E-state index contributed by atoms with van der Waals surface area (Å²) in [5, 5.41) is 17.8. The molecule has 0 aromatic carbocycles. The van der Waals surface area contributed by atoms with Crippen LogP contribution in [-0.2, 0) is 9.53 Å². The molecule has 112 valence electrons. The number of carboxylic acid groups (broad SMARTS) is 1. The highest BCUT2D eigenvalue weighted by molar-refractivity contribution is 7.99. The number of carbonyl (C=O) groups is 1. The summed E-state index contributed by atoms with van der Waals surface area (Å²) in [6.07, 6.45) is 3.14. The molecule has 0 spiro atoms. The van der Waals surface area contributed by atoms with Crippen molar-refractivity contribution in [2.45, 2.75) is 30.5 Å². The number of hydrogen-bond acceptors (Lipinski definition) is 6. The molecule has 1 aliphatic carbocycles. The van der Waals surface area contributed by atoms with Crippen LogP contribution >= 0.6 is 11.8 Å². The molecule has 2 rings (SSSR count). The third kappa shape index (κ3) is 3.86. The molecule has 0 atom stereocenters. The van der Waals surface area contributed by atoms with Gasteiger partial charge in [-0.25, -0.2) is 0 Å². The minimum Gasteiger partial charge on any atom is -0.481 e. The monoisotopic (exact) mass is 300 g/mol. The summed E-state index contributed by atoms with van der Waals surface area (Å²) in [6, 6.07) is 0.418. The van der Waals surface area contributed by atoms with Crippen LogP contribution in [0.5, 0.6) is 0 Å². The quantitative estimate of drug-likeness (QED) is 0.543. The third-order valence-corrected chi connectivity index (χ3v) is 3.99. The lowest BCUT2D eigenvalue weighted by molar-refractivity contribution is -0.133. The normalized spacial score (nSPS) is 14.5. The van der Waals surface area contributed by atoms with E-state index >= 15 is 0 Å². The average Bonchev–Trinajstić information content (AvgIpc) is 3.16. The summed E-state index contributed by atoms with van der Waals surface area (Å²) in [6.45, 7) is 1.55. The van der Waals surface area contributed by atoms with Crippen molar-refractivity contribution in [3.63, 3.8) is 0 Å². The van der Waals surface area contributed by atoms with Gasteiger partial charge in [0, 0.05) is 33.4 Å². The molecule has 0 aliphatic heterocycles. The molecule has 8 heteroatoms. The lowest BCUT2D eigenvalue weighted by atomic mass is 10.4. The van der Waals surface area contributed by atoms with E-state index in [-0.39, 0.29) is 5.75 Å². The van der Waals surface area contributed by atoms with Crippen LogP contribution in [0.1, 0.15) is 25.3 Å². The fraction of sp³-hybridized carbons (Fsp3) is 0.750. The summed E-state index contributed by atoms with van der Waals surface area (Å²) in [5.74, 6) is -0.00930. The zero-order valence-electron chi connectivity index (χ0n) is 11.8. The summed E-state index contributed by atoms with van der Waals surface area (Å²) in [4.78, 5) is 12.7. The molecule has 1 aromatic heterocycles. The van der Waals surface area contributed by atoms with Gasteiger partial charge in [0.05, 0.1) is 5.75 Å². The minimum atomic E-state index is -0.838. The zero-order chi connectivity index (χ0) is 14.5. The summed E-state index contributed by atoms with van der Waals surface area (Å²) in [5.41, 5.74) is 0. The number of methoxy groups -OCH3 is 1. The molecular weight excluding hydrogens is 280 g/mol. The molecule has 1 fully saturated rings. The van der Waals surface area contributed by atoms with Gasteiger partial charge in [0.1, 0.15) is 0 Å². The summed E-state index contributed by atoms with van der Waals surface area (Å²) in [7, 11) is 3.66. The van der Waals surface area contributed by atoms with E-state index in [1.54, 1.807) is 7.11 Å². The van der Waals surface area contributed by atoms with E-state index in [0.717, 1.165) is 31.8 Å². The molecule has 1 aromatic rings. The molecule has 0 unspecified atom stereocenters. The van der Waals surface area contributed by atoms with Gasteiger partial charge < -0.3 is 14.7 Å². The molecule has 0 bridgehead atoms. The topological polar surface area (TPSA) is 80.5 Å². The number of hydrogen-bond donors (Lipinski definition) is 1. The Balaban J connectivity index is 2.06. The lowest BCUT2D eigenvalue weighted by Crippen LogP contribution is -2.23. The van der Waals surface area contributed by atoms with Crippen molar-refractivity contribution in [3.05, 3.63) is 0 Å². The van der Waals surface area contributed by atoms with Crippen LogP contribution in [0.2, 0.25) is 0 Å². The standard InChI is InChI=1S/C12H20N4O3S/c1-15(6-3-7-19-2)11-13-14-12(20-8-10(17)18)16(11)9-4-5-9/h9H,3-8H2,1-2H3,(H,17,18). The van der Waals surface area contributed by atoms with E-state index in [1.807, 2.05) is 7.05 Å². The smallest absolute Gasteiger partial charge is 0.313 e. The van der Waals surface area contributed by atoms with Crippen LogP contribution in [0.15, 0.2) is 5.16 Å². The van der Waals surface area contributed by atoms with Crippen LogP contribution in [0.4, 0.5) is 5.95 Å². The van der Waals surface area contributed by atoms with E-state index < -0.39 is 5.97 Å². The van der Waals surface area contributed by atoms with Crippen molar-refractivity contribution in [2.75, 3.05) is 38.0 Å². The Kier molecular flexibility index (Phi) is 5.24. The molecule has 1 N–H and O–H groups in total. The maximum atomic E-state index is 10.7. The number of rotatable bonds is 9. The fourth-order valence-electron chi connectivity index (χ4n) is 1.95. The van der Waals surface area contributed by atoms with Gasteiger partial charge in [0.25, 0.3) is 0 Å². The van der Waals surface area contributed by atoms with Crippen molar-refractivity contribution in [2.24, 2.45) is 0 Å². The fourth-order valence-corrected chi connectivity index (χ4v) is 2.67. The molecular formula is C12H20N4O3S. The SMILES string of the molecule is COCCCN(C)c1nnc(SCC(=O)O)n1C1CC1. The van der Waals surface area contributed by atoms with Gasteiger partial charge in [-0.3, -0.25) is 9.36 Å². The van der Waals surface area contributed by atoms with Gasteiger partial charge in [0.15, 0.2) is 5.16 Å². The number of anilines is 1. The predicted octanol–water partition coefficient (Wildman–Crippen LogP) is 1.26. The van der Waals surface area contributed by atoms with Crippen LogP contribution in [-0.4, -0.2) is 58.9 Å². The van der Waals surface area contributed by atoms with E-state index in [2.05, 4.69) is 19.7 Å². The molecule has 0 radical (unpaired) electrons. The first-order valence-corrected chi connectivity index (χ1v) is 7.61. The maximum absolute atomic E-state index is 10.7. The zero-order valence-corrected chi connectivity index (χ0v) is 12.6. The second kappa shape index (κ2) is 6.94. The Morgan fingerprint density at radius 2 is 2.30 bits per heavy atom. The van der Waals surface area contributed by atoms with Crippen molar-refractivity contribution in [1.29, 1.82) is 0 Å².